The highest BCUT2D eigenvalue weighted by atomic mass is 16.5. The Morgan fingerprint density at radius 3 is 2.78 bits per heavy atom. The molecule has 7 heteroatoms. The van der Waals surface area contributed by atoms with E-state index in [0.29, 0.717) is 42.9 Å². The lowest BCUT2D eigenvalue weighted by Gasteiger charge is -2.31. The predicted molar refractivity (Wildman–Crippen MR) is 97.9 cm³/mol. The minimum atomic E-state index is -0.189. The van der Waals surface area contributed by atoms with Crippen molar-refractivity contribution in [3.05, 3.63) is 47.8 Å². The number of nitrogens with zero attached hydrogens (tertiary/aromatic N) is 2. The van der Waals surface area contributed by atoms with Gasteiger partial charge >= 0.3 is 0 Å². The van der Waals surface area contributed by atoms with Gasteiger partial charge in [0, 0.05) is 37.7 Å². The van der Waals surface area contributed by atoms with Gasteiger partial charge in [-0.3, -0.25) is 9.59 Å². The molecule has 0 bridgehead atoms. The van der Waals surface area contributed by atoms with Crippen LogP contribution in [0.4, 0.5) is 0 Å². The Morgan fingerprint density at radius 1 is 1.26 bits per heavy atom. The number of nitrogens with one attached hydrogen (secondary N) is 1. The highest BCUT2D eigenvalue weighted by Crippen LogP contribution is 2.40. The van der Waals surface area contributed by atoms with Crippen LogP contribution < -0.4 is 5.32 Å². The molecule has 7 nitrogen and oxygen atoms in total. The van der Waals surface area contributed by atoms with Crippen LogP contribution in [0.5, 0.6) is 0 Å². The van der Waals surface area contributed by atoms with Gasteiger partial charge in [-0.15, -0.1) is 0 Å². The summed E-state index contributed by atoms with van der Waals surface area (Å²) in [7, 11) is 0. The van der Waals surface area contributed by atoms with E-state index in [1.165, 1.54) is 0 Å². The summed E-state index contributed by atoms with van der Waals surface area (Å²) in [5.74, 6) is 2.09. The van der Waals surface area contributed by atoms with Crippen molar-refractivity contribution in [1.29, 1.82) is 0 Å². The summed E-state index contributed by atoms with van der Waals surface area (Å²) in [5, 5.41) is 6.80. The third-order valence-electron chi connectivity index (χ3n) is 5.15. The second-order valence-electron chi connectivity index (χ2n) is 7.22. The quantitative estimate of drug-likeness (QED) is 0.791. The molecular formula is C20H23N3O4. The summed E-state index contributed by atoms with van der Waals surface area (Å²) in [4.78, 5) is 26.3. The van der Waals surface area contributed by atoms with Gasteiger partial charge in [-0.05, 0) is 49.8 Å². The van der Waals surface area contributed by atoms with E-state index in [1.54, 1.807) is 36.6 Å². The molecule has 142 valence electrons. The molecule has 2 aliphatic rings. The molecule has 0 radical (unpaired) electrons. The Balaban J connectivity index is 1.19. The standard InChI is InChI=1S/C20H23N3O4/c24-19(6-5-16-2-1-11-26-16)23-9-7-14(8-10-23)13-21-20(25)17-12-18(27-22-17)15-3-4-15/h1-2,5-6,11-12,14-15H,3-4,7-10,13H2,(H,21,25). The minimum Gasteiger partial charge on any atom is -0.465 e. The molecule has 3 heterocycles. The average molecular weight is 369 g/mol. The maximum absolute atomic E-state index is 12.2. The zero-order valence-electron chi connectivity index (χ0n) is 15.1. The third-order valence-corrected chi connectivity index (χ3v) is 5.15. The van der Waals surface area contributed by atoms with E-state index in [2.05, 4.69) is 10.5 Å². The van der Waals surface area contributed by atoms with Gasteiger partial charge in [0.05, 0.1) is 6.26 Å². The molecule has 2 aromatic rings. The van der Waals surface area contributed by atoms with Gasteiger partial charge in [-0.1, -0.05) is 5.16 Å². The van der Waals surface area contributed by atoms with E-state index >= 15 is 0 Å². The van der Waals surface area contributed by atoms with E-state index in [9.17, 15) is 9.59 Å². The normalized spacial score (nSPS) is 18.1. The van der Waals surface area contributed by atoms with Gasteiger partial charge in [0.1, 0.15) is 11.5 Å². The predicted octanol–water partition coefficient (Wildman–Crippen LogP) is 2.83. The number of hydrogen-bond donors (Lipinski definition) is 1. The number of carbonyl (C=O) groups excluding carboxylic acids is 2. The van der Waals surface area contributed by atoms with Gasteiger partial charge in [0.2, 0.25) is 5.91 Å². The molecule has 1 saturated heterocycles. The van der Waals surface area contributed by atoms with E-state index in [-0.39, 0.29) is 11.8 Å². The Morgan fingerprint density at radius 2 is 2.07 bits per heavy atom. The van der Waals surface area contributed by atoms with E-state index in [0.717, 1.165) is 31.4 Å². The molecular weight excluding hydrogens is 346 g/mol. The fourth-order valence-electron chi connectivity index (χ4n) is 3.29. The zero-order valence-corrected chi connectivity index (χ0v) is 15.1. The summed E-state index contributed by atoms with van der Waals surface area (Å²) in [5.41, 5.74) is 0.354. The van der Waals surface area contributed by atoms with Crippen LogP contribution in [0.3, 0.4) is 0 Å². The van der Waals surface area contributed by atoms with Gasteiger partial charge in [0.15, 0.2) is 5.69 Å². The van der Waals surface area contributed by atoms with Crippen molar-refractivity contribution >= 4 is 17.9 Å². The van der Waals surface area contributed by atoms with Gasteiger partial charge in [-0.2, -0.15) is 0 Å². The van der Waals surface area contributed by atoms with Crippen molar-refractivity contribution in [1.82, 2.24) is 15.4 Å². The summed E-state index contributed by atoms with van der Waals surface area (Å²) in [6, 6.07) is 5.34. The highest BCUT2D eigenvalue weighted by Gasteiger charge is 2.29. The lowest BCUT2D eigenvalue weighted by atomic mass is 9.96. The molecule has 2 amide bonds. The van der Waals surface area contributed by atoms with Crippen molar-refractivity contribution in [3.63, 3.8) is 0 Å². The van der Waals surface area contributed by atoms with Crippen LogP contribution >= 0.6 is 0 Å². The van der Waals surface area contributed by atoms with Crippen molar-refractivity contribution in [3.8, 4) is 0 Å². The summed E-state index contributed by atoms with van der Waals surface area (Å²) < 4.78 is 10.4. The summed E-state index contributed by atoms with van der Waals surface area (Å²) >= 11 is 0. The number of piperidine rings is 1. The monoisotopic (exact) mass is 369 g/mol. The van der Waals surface area contributed by atoms with E-state index in [1.807, 2.05) is 4.90 Å². The zero-order chi connectivity index (χ0) is 18.6. The molecule has 0 atom stereocenters. The molecule has 1 aliphatic heterocycles. The maximum atomic E-state index is 12.2. The largest absolute Gasteiger partial charge is 0.465 e. The molecule has 0 unspecified atom stereocenters. The lowest BCUT2D eigenvalue weighted by Crippen LogP contribution is -2.41. The highest BCUT2D eigenvalue weighted by molar-refractivity contribution is 5.92. The van der Waals surface area contributed by atoms with Gasteiger partial charge in [-0.25, -0.2) is 0 Å². The van der Waals surface area contributed by atoms with Crippen molar-refractivity contribution in [2.24, 2.45) is 5.92 Å². The number of hydrogen-bond acceptors (Lipinski definition) is 5. The maximum Gasteiger partial charge on any atom is 0.273 e. The first-order chi connectivity index (χ1) is 13.2. The first-order valence-electron chi connectivity index (χ1n) is 9.44. The average Bonchev–Trinajstić information content (AvgIpc) is 3.20. The molecule has 2 aromatic heterocycles. The third kappa shape index (κ3) is 4.48. The van der Waals surface area contributed by atoms with E-state index < -0.39 is 0 Å². The minimum absolute atomic E-state index is 0.0101. The van der Waals surface area contributed by atoms with Crippen LogP contribution in [0, 0.1) is 5.92 Å². The molecule has 2 fully saturated rings. The molecule has 0 spiro atoms. The van der Waals surface area contributed by atoms with Crippen LogP contribution in [-0.2, 0) is 4.79 Å². The Kier molecular flexibility index (Phi) is 5.09. The van der Waals surface area contributed by atoms with Crippen molar-refractivity contribution in [2.75, 3.05) is 19.6 Å². The number of rotatable bonds is 6. The SMILES string of the molecule is O=C(NCC1CCN(C(=O)C=Cc2ccco2)CC1)c1cc(C2CC2)on1. The molecule has 27 heavy (non-hydrogen) atoms. The summed E-state index contributed by atoms with van der Waals surface area (Å²) in [6.07, 6.45) is 8.77. The van der Waals surface area contributed by atoms with Crippen LogP contribution in [-0.4, -0.2) is 41.5 Å². The first-order valence-corrected chi connectivity index (χ1v) is 9.44. The van der Waals surface area contributed by atoms with Crippen LogP contribution in [0.2, 0.25) is 0 Å². The van der Waals surface area contributed by atoms with E-state index in [4.69, 9.17) is 8.94 Å². The second-order valence-corrected chi connectivity index (χ2v) is 7.22. The number of aromatic nitrogens is 1. The lowest BCUT2D eigenvalue weighted by molar-refractivity contribution is -0.127. The molecule has 1 N–H and O–H groups in total. The van der Waals surface area contributed by atoms with Crippen LogP contribution in [0.15, 0.2) is 39.5 Å². The van der Waals surface area contributed by atoms with Crippen molar-refractivity contribution < 1.29 is 18.5 Å². The Hall–Kier alpha value is -2.83. The molecule has 1 saturated carbocycles. The van der Waals surface area contributed by atoms with Gasteiger partial charge < -0.3 is 19.2 Å². The molecule has 4 rings (SSSR count). The van der Waals surface area contributed by atoms with Crippen LogP contribution in [0.25, 0.3) is 6.08 Å². The molecule has 1 aliphatic carbocycles. The first kappa shape index (κ1) is 17.6. The smallest absolute Gasteiger partial charge is 0.273 e. The van der Waals surface area contributed by atoms with Crippen LogP contribution in [0.1, 0.15) is 53.6 Å². The fraction of sp³-hybridized carbons (Fsp3) is 0.450. The Labute approximate surface area is 157 Å². The number of furan rings is 1. The number of amides is 2. The number of likely N-dealkylation sites (tertiary alicyclic amines) is 1. The van der Waals surface area contributed by atoms with Gasteiger partial charge in [0.25, 0.3) is 5.91 Å². The summed E-state index contributed by atoms with van der Waals surface area (Å²) in [6.45, 7) is 1.98. The number of carbonyl (C=O) groups is 2. The Bertz CT molecular complexity index is 812. The fourth-order valence-corrected chi connectivity index (χ4v) is 3.29. The molecule has 0 aromatic carbocycles. The van der Waals surface area contributed by atoms with Crippen molar-refractivity contribution in [2.45, 2.75) is 31.6 Å². The second kappa shape index (κ2) is 7.82. The topological polar surface area (TPSA) is 88.6 Å².